The van der Waals surface area contributed by atoms with Crippen molar-refractivity contribution in [1.82, 2.24) is 34.1 Å². The third kappa shape index (κ3) is 3.15. The van der Waals surface area contributed by atoms with Gasteiger partial charge in [-0.3, -0.25) is 14.1 Å². The normalized spacial score (nSPS) is 18.2. The maximum Gasteiger partial charge on any atom is 0.269 e. The molecule has 0 spiro atoms. The number of aromatic nitrogens is 4. The van der Waals surface area contributed by atoms with Crippen LogP contribution in [-0.4, -0.2) is 73.8 Å². The smallest absolute Gasteiger partial charge is 0.269 e. The Morgan fingerprint density at radius 2 is 2.00 bits per heavy atom. The summed E-state index contributed by atoms with van der Waals surface area (Å²) in [6.45, 7) is 6.18. The minimum absolute atomic E-state index is 0.161. The quantitative estimate of drug-likeness (QED) is 0.663. The molecule has 8 nitrogen and oxygen atoms in total. The summed E-state index contributed by atoms with van der Waals surface area (Å²) >= 11 is 0. The van der Waals surface area contributed by atoms with Gasteiger partial charge in [0.15, 0.2) is 5.65 Å². The van der Waals surface area contributed by atoms with Gasteiger partial charge in [0.25, 0.3) is 5.56 Å². The second kappa shape index (κ2) is 7.24. The highest BCUT2D eigenvalue weighted by Crippen LogP contribution is 2.23. The summed E-state index contributed by atoms with van der Waals surface area (Å²) in [6.07, 6.45) is 7.49. The number of H-pyrrole nitrogens is 1. The van der Waals surface area contributed by atoms with Gasteiger partial charge in [0, 0.05) is 64.3 Å². The van der Waals surface area contributed by atoms with Crippen molar-refractivity contribution in [3.8, 4) is 0 Å². The predicted octanol–water partition coefficient (Wildman–Crippen LogP) is 1.64. The number of piperazine rings is 1. The summed E-state index contributed by atoms with van der Waals surface area (Å²) in [6, 6.07) is 1.97. The largest absolute Gasteiger partial charge is 0.365 e. The van der Waals surface area contributed by atoms with Gasteiger partial charge in [-0.15, -0.1) is 0 Å². The highest BCUT2D eigenvalue weighted by molar-refractivity contribution is 5.76. The molecule has 1 saturated heterocycles. The molecule has 3 aromatic heterocycles. The summed E-state index contributed by atoms with van der Waals surface area (Å²) in [5.41, 5.74) is 4.20. The molecule has 5 heterocycles. The summed E-state index contributed by atoms with van der Waals surface area (Å²) in [4.78, 5) is 30.0. The number of allylic oxidation sites excluding steroid dienone is 1. The van der Waals surface area contributed by atoms with Crippen molar-refractivity contribution in [3.63, 3.8) is 0 Å². The van der Waals surface area contributed by atoms with Crippen molar-refractivity contribution in [2.45, 2.75) is 13.5 Å². The molecule has 9 heteroatoms. The van der Waals surface area contributed by atoms with Gasteiger partial charge < -0.3 is 14.8 Å². The van der Waals surface area contributed by atoms with Crippen molar-refractivity contribution in [2.75, 3.05) is 39.8 Å². The Balaban J connectivity index is 1.38. The molecule has 0 radical (unpaired) electrons. The Labute approximate surface area is 172 Å². The zero-order chi connectivity index (χ0) is 20.8. The fraction of sp³-hybridized carbons (Fsp3) is 0.381. The van der Waals surface area contributed by atoms with E-state index >= 15 is 0 Å². The molecule has 156 valence electrons. The van der Waals surface area contributed by atoms with E-state index < -0.39 is 0 Å². The van der Waals surface area contributed by atoms with Crippen LogP contribution in [0.1, 0.15) is 11.3 Å². The van der Waals surface area contributed by atoms with Crippen LogP contribution in [-0.2, 0) is 6.54 Å². The second-order valence-electron chi connectivity index (χ2n) is 7.90. The molecule has 1 N–H and O–H groups in total. The van der Waals surface area contributed by atoms with Crippen LogP contribution in [0, 0.1) is 6.92 Å². The lowest BCUT2D eigenvalue weighted by Crippen LogP contribution is -2.46. The van der Waals surface area contributed by atoms with E-state index in [1.165, 1.54) is 0 Å². The van der Waals surface area contributed by atoms with E-state index in [2.05, 4.69) is 24.8 Å². The number of fused-ring (bicyclic) bond motifs is 3. The van der Waals surface area contributed by atoms with Crippen LogP contribution < -0.4 is 5.56 Å². The molecule has 5 rings (SSSR count). The van der Waals surface area contributed by atoms with Crippen LogP contribution in [0.2, 0.25) is 0 Å². The molecular formula is C21H24FN7O. The van der Waals surface area contributed by atoms with Crippen LogP contribution in [0.15, 0.2) is 47.1 Å². The number of nitrogens with one attached hydrogen (secondary N) is 1. The number of aromatic amines is 1. The maximum absolute atomic E-state index is 14.5. The Morgan fingerprint density at radius 1 is 1.20 bits per heavy atom. The van der Waals surface area contributed by atoms with Crippen molar-refractivity contribution in [3.05, 3.63) is 63.9 Å². The van der Waals surface area contributed by atoms with E-state index in [4.69, 9.17) is 0 Å². The molecule has 2 aliphatic rings. The lowest BCUT2D eigenvalue weighted by atomic mass is 10.2. The first kappa shape index (κ1) is 18.8. The number of nitrogens with zero attached hydrogens (tertiary/aromatic N) is 6. The van der Waals surface area contributed by atoms with Gasteiger partial charge in [-0.2, -0.15) is 4.39 Å². The zero-order valence-electron chi connectivity index (χ0n) is 17.1. The monoisotopic (exact) mass is 409 g/mol. The number of rotatable bonds is 3. The Hall–Kier alpha value is -3.20. The van der Waals surface area contributed by atoms with E-state index in [0.717, 1.165) is 37.4 Å². The van der Waals surface area contributed by atoms with Crippen molar-refractivity contribution in [1.29, 1.82) is 0 Å². The average Bonchev–Trinajstić information content (AvgIpc) is 3.23. The standard InChI is InChI=1S/C21H24FN7O/c1-14-21(30)25-16-12-15(19-23-5-7-29(19)20(16)24-14)13-27-8-10-28(11-9-27)17-4-3-6-26(2)18(17)22/h3-5,7,12H,6,8-11,13H2,1-2H3,(H,25,30). The van der Waals surface area contributed by atoms with Gasteiger partial charge >= 0.3 is 0 Å². The van der Waals surface area contributed by atoms with Gasteiger partial charge in [-0.1, -0.05) is 6.08 Å². The molecular weight excluding hydrogens is 385 g/mol. The Morgan fingerprint density at radius 3 is 2.80 bits per heavy atom. The van der Waals surface area contributed by atoms with Crippen molar-refractivity contribution < 1.29 is 4.39 Å². The Bertz CT molecular complexity index is 1230. The van der Waals surface area contributed by atoms with Gasteiger partial charge in [0.1, 0.15) is 11.3 Å². The van der Waals surface area contributed by atoms with E-state index in [9.17, 15) is 9.18 Å². The number of pyridine rings is 1. The second-order valence-corrected chi connectivity index (χ2v) is 7.90. The summed E-state index contributed by atoms with van der Waals surface area (Å²) in [7, 11) is 1.77. The molecule has 1 fully saturated rings. The van der Waals surface area contributed by atoms with Crippen molar-refractivity contribution in [2.24, 2.45) is 0 Å². The maximum atomic E-state index is 14.5. The van der Waals surface area contributed by atoms with E-state index in [-0.39, 0.29) is 11.5 Å². The van der Waals surface area contributed by atoms with Crippen LogP contribution in [0.4, 0.5) is 4.39 Å². The van der Waals surface area contributed by atoms with Crippen LogP contribution in [0.5, 0.6) is 0 Å². The summed E-state index contributed by atoms with van der Waals surface area (Å²) in [5, 5.41) is 0. The molecule has 0 aliphatic carbocycles. The summed E-state index contributed by atoms with van der Waals surface area (Å²) < 4.78 is 16.4. The first-order valence-corrected chi connectivity index (χ1v) is 10.1. The molecule has 0 saturated carbocycles. The number of likely N-dealkylation sites (N-methyl/N-ethyl adjacent to an activating group) is 1. The molecule has 0 bridgehead atoms. The minimum Gasteiger partial charge on any atom is -0.365 e. The highest BCUT2D eigenvalue weighted by Gasteiger charge is 2.24. The number of hydrogen-bond acceptors (Lipinski definition) is 6. The Kier molecular flexibility index (Phi) is 4.54. The molecule has 0 unspecified atom stereocenters. The van der Waals surface area contributed by atoms with Gasteiger partial charge in [0.2, 0.25) is 5.95 Å². The zero-order valence-corrected chi connectivity index (χ0v) is 17.1. The third-order valence-electron chi connectivity index (χ3n) is 5.87. The fourth-order valence-corrected chi connectivity index (χ4v) is 4.18. The predicted molar refractivity (Wildman–Crippen MR) is 113 cm³/mol. The van der Waals surface area contributed by atoms with Gasteiger partial charge in [-0.05, 0) is 19.1 Å². The molecule has 0 aromatic carbocycles. The van der Waals surface area contributed by atoms with Crippen LogP contribution in [0.25, 0.3) is 16.8 Å². The first-order valence-electron chi connectivity index (χ1n) is 10.1. The summed E-state index contributed by atoms with van der Waals surface area (Å²) in [5.74, 6) is -0.161. The van der Waals surface area contributed by atoms with Crippen molar-refractivity contribution >= 4 is 16.8 Å². The molecule has 3 aromatic rings. The number of imidazole rings is 1. The van der Waals surface area contributed by atoms with Crippen LogP contribution in [0.3, 0.4) is 0 Å². The SMILES string of the molecule is Cc1nc2c(cc(CN3CCN(C4=C(F)N(C)CC=C4)CC3)c3nccn32)[nH]c1=O. The average molecular weight is 409 g/mol. The first-order chi connectivity index (χ1) is 14.5. The lowest BCUT2D eigenvalue weighted by molar-refractivity contribution is 0.148. The fourth-order valence-electron chi connectivity index (χ4n) is 4.18. The third-order valence-corrected chi connectivity index (χ3v) is 5.87. The van der Waals surface area contributed by atoms with Crippen LogP contribution >= 0.6 is 0 Å². The number of hydrogen-bond donors (Lipinski definition) is 1. The highest BCUT2D eigenvalue weighted by atomic mass is 19.1. The lowest BCUT2D eigenvalue weighted by Gasteiger charge is -2.38. The molecule has 30 heavy (non-hydrogen) atoms. The molecule has 0 atom stereocenters. The minimum atomic E-state index is -0.178. The molecule has 2 aliphatic heterocycles. The molecule has 0 amide bonds. The van der Waals surface area contributed by atoms with E-state index in [1.807, 2.05) is 28.8 Å². The van der Waals surface area contributed by atoms with Gasteiger partial charge in [0.05, 0.1) is 11.2 Å². The van der Waals surface area contributed by atoms with E-state index in [0.29, 0.717) is 35.6 Å². The topological polar surface area (TPSA) is 72.8 Å². The number of halogens is 1. The number of aryl methyl sites for hydroxylation is 1. The van der Waals surface area contributed by atoms with Gasteiger partial charge in [-0.25, -0.2) is 9.97 Å². The van der Waals surface area contributed by atoms with E-state index in [1.54, 1.807) is 25.1 Å².